The van der Waals surface area contributed by atoms with Crippen LogP contribution in [0.15, 0.2) is 36.4 Å². The van der Waals surface area contributed by atoms with Gasteiger partial charge < -0.3 is 4.74 Å². The minimum absolute atomic E-state index is 0.126. The largest absolute Gasteiger partial charge is 0.429 e. The maximum atomic E-state index is 14.3. The zero-order chi connectivity index (χ0) is 21.8. The second-order valence-electron chi connectivity index (χ2n) is 6.21. The number of alkyl halides is 5. The summed E-state index contributed by atoms with van der Waals surface area (Å²) in [6.45, 7) is 1.91. The Labute approximate surface area is 161 Å². The minimum Gasteiger partial charge on any atom is -0.429 e. The molecule has 0 unspecified atom stereocenters. The summed E-state index contributed by atoms with van der Waals surface area (Å²) < 4.78 is 111. The first-order valence-electron chi connectivity index (χ1n) is 8.53. The van der Waals surface area contributed by atoms with Gasteiger partial charge in [0.05, 0.1) is 5.56 Å². The van der Waals surface area contributed by atoms with E-state index in [-0.39, 0.29) is 6.08 Å². The van der Waals surface area contributed by atoms with Crippen LogP contribution in [0.2, 0.25) is 0 Å². The van der Waals surface area contributed by atoms with Crippen LogP contribution in [0.3, 0.4) is 0 Å². The number of rotatable bonds is 7. The lowest BCUT2D eigenvalue weighted by molar-refractivity contribution is -0.187. The van der Waals surface area contributed by atoms with Gasteiger partial charge in [-0.3, -0.25) is 0 Å². The molecular weight excluding hydrogens is 408 g/mol. The summed E-state index contributed by atoms with van der Waals surface area (Å²) in [7, 11) is 0. The van der Waals surface area contributed by atoms with Crippen molar-refractivity contribution in [3.8, 4) is 5.75 Å². The highest BCUT2D eigenvalue weighted by Crippen LogP contribution is 2.35. The van der Waals surface area contributed by atoms with Crippen molar-refractivity contribution in [2.24, 2.45) is 0 Å². The molecule has 0 N–H and O–H groups in total. The molecule has 0 aliphatic rings. The van der Waals surface area contributed by atoms with E-state index in [0.29, 0.717) is 24.1 Å². The lowest BCUT2D eigenvalue weighted by Crippen LogP contribution is -2.23. The van der Waals surface area contributed by atoms with Crippen molar-refractivity contribution in [1.29, 1.82) is 0 Å². The van der Waals surface area contributed by atoms with E-state index in [9.17, 15) is 35.1 Å². The number of ether oxygens (including phenoxy) is 1. The van der Waals surface area contributed by atoms with Crippen LogP contribution in [0.4, 0.5) is 35.1 Å². The molecule has 0 atom stereocenters. The zero-order valence-corrected chi connectivity index (χ0v) is 15.1. The van der Waals surface area contributed by atoms with Crippen molar-refractivity contribution in [3.63, 3.8) is 0 Å². The van der Waals surface area contributed by atoms with Crippen LogP contribution < -0.4 is 4.74 Å². The van der Waals surface area contributed by atoms with Crippen molar-refractivity contribution in [2.45, 2.75) is 38.5 Å². The number of aryl methyl sites for hydroxylation is 1. The number of hydrogen-bond acceptors (Lipinski definition) is 1. The van der Waals surface area contributed by atoms with Crippen LogP contribution in [0, 0.1) is 17.5 Å². The number of allylic oxidation sites excluding steroid dienone is 1. The minimum atomic E-state index is -4.82. The monoisotopic (exact) mass is 424 g/mol. The zero-order valence-electron chi connectivity index (χ0n) is 15.1. The Balaban J connectivity index is 2.27. The fourth-order valence-corrected chi connectivity index (χ4v) is 2.49. The first-order valence-corrected chi connectivity index (χ1v) is 8.53. The molecule has 2 aromatic carbocycles. The van der Waals surface area contributed by atoms with Crippen molar-refractivity contribution in [3.05, 3.63) is 70.5 Å². The van der Waals surface area contributed by atoms with Gasteiger partial charge in [0.15, 0.2) is 0 Å². The topological polar surface area (TPSA) is 9.23 Å². The van der Waals surface area contributed by atoms with Crippen LogP contribution in [0.5, 0.6) is 5.75 Å². The molecule has 1 nitrogen and oxygen atoms in total. The standard InChI is InChI=1S/C20H16F8O/c1-2-3-4-12-5-6-15(18(23)9-12)20(27,28)29-13-10-16(21)14(17(22)11-13)7-8-19(24,25)26/h5-11H,2-4H2,1H3/b8-7+. The highest BCUT2D eigenvalue weighted by molar-refractivity contribution is 5.53. The van der Waals surface area contributed by atoms with E-state index in [1.807, 2.05) is 6.92 Å². The van der Waals surface area contributed by atoms with Crippen molar-refractivity contribution < 1.29 is 39.9 Å². The molecule has 0 radical (unpaired) electrons. The Morgan fingerprint density at radius 3 is 2.03 bits per heavy atom. The molecule has 9 heteroatoms. The van der Waals surface area contributed by atoms with E-state index < -0.39 is 52.7 Å². The SMILES string of the molecule is CCCCc1ccc(C(F)(F)Oc2cc(F)c(/C=C/C(F)(F)F)c(F)c2)c(F)c1. The summed E-state index contributed by atoms with van der Waals surface area (Å²) in [5, 5.41) is 0. The van der Waals surface area contributed by atoms with E-state index in [1.54, 1.807) is 0 Å². The highest BCUT2D eigenvalue weighted by Gasteiger charge is 2.38. The fraction of sp³-hybridized carbons (Fsp3) is 0.300. The summed E-state index contributed by atoms with van der Waals surface area (Å²) in [5.41, 5.74) is -1.72. The molecule has 29 heavy (non-hydrogen) atoms. The molecule has 0 amide bonds. The van der Waals surface area contributed by atoms with Gasteiger partial charge in [-0.05, 0) is 36.6 Å². The van der Waals surface area contributed by atoms with Crippen LogP contribution in [0.25, 0.3) is 6.08 Å². The summed E-state index contributed by atoms with van der Waals surface area (Å²) >= 11 is 0. The van der Waals surface area contributed by atoms with Crippen LogP contribution in [-0.4, -0.2) is 6.18 Å². The Morgan fingerprint density at radius 1 is 0.897 bits per heavy atom. The van der Waals surface area contributed by atoms with Gasteiger partial charge in [-0.15, -0.1) is 0 Å². The lowest BCUT2D eigenvalue weighted by atomic mass is 10.1. The maximum Gasteiger partial charge on any atom is 0.429 e. The molecule has 0 spiro atoms. The van der Waals surface area contributed by atoms with Crippen molar-refractivity contribution in [1.82, 2.24) is 0 Å². The molecule has 0 bridgehead atoms. The predicted octanol–water partition coefficient (Wildman–Crippen LogP) is 7.15. The second-order valence-corrected chi connectivity index (χ2v) is 6.21. The van der Waals surface area contributed by atoms with Crippen LogP contribution in [0.1, 0.15) is 36.5 Å². The fourth-order valence-electron chi connectivity index (χ4n) is 2.49. The van der Waals surface area contributed by atoms with E-state index in [4.69, 9.17) is 0 Å². The molecule has 0 heterocycles. The first-order chi connectivity index (χ1) is 13.4. The first kappa shape index (κ1) is 22.7. The summed E-state index contributed by atoms with van der Waals surface area (Å²) in [5.74, 6) is -5.36. The van der Waals surface area contributed by atoms with Crippen molar-refractivity contribution >= 4 is 6.08 Å². The third kappa shape index (κ3) is 6.20. The predicted molar refractivity (Wildman–Crippen MR) is 91.0 cm³/mol. The quantitative estimate of drug-likeness (QED) is 0.429. The van der Waals surface area contributed by atoms with Gasteiger partial charge in [-0.1, -0.05) is 19.4 Å². The van der Waals surface area contributed by atoms with Gasteiger partial charge in [-0.2, -0.15) is 22.0 Å². The summed E-state index contributed by atoms with van der Waals surface area (Å²) in [4.78, 5) is 0. The normalized spacial score (nSPS) is 12.6. The Kier molecular flexibility index (Phi) is 6.92. The third-order valence-electron chi connectivity index (χ3n) is 3.90. The molecule has 0 fully saturated rings. The van der Waals surface area contributed by atoms with Gasteiger partial charge >= 0.3 is 12.3 Å². The molecule has 0 aliphatic heterocycles. The van der Waals surface area contributed by atoms with E-state index >= 15 is 0 Å². The number of hydrogen-bond donors (Lipinski definition) is 0. The van der Waals surface area contributed by atoms with Gasteiger partial charge in [0.1, 0.15) is 23.2 Å². The molecule has 0 saturated heterocycles. The maximum absolute atomic E-state index is 14.3. The Bertz CT molecular complexity index is 864. The number of benzene rings is 2. The third-order valence-corrected chi connectivity index (χ3v) is 3.90. The molecular formula is C20H16F8O. The highest BCUT2D eigenvalue weighted by atomic mass is 19.4. The molecule has 2 rings (SSSR count). The van der Waals surface area contributed by atoms with Crippen LogP contribution >= 0.6 is 0 Å². The van der Waals surface area contributed by atoms with Gasteiger partial charge in [-0.25, -0.2) is 13.2 Å². The van der Waals surface area contributed by atoms with E-state index in [0.717, 1.165) is 25.0 Å². The smallest absolute Gasteiger partial charge is 0.429 e. The van der Waals surface area contributed by atoms with Gasteiger partial charge in [0, 0.05) is 23.8 Å². The average Bonchev–Trinajstić information content (AvgIpc) is 2.57. The molecule has 0 saturated carbocycles. The molecule has 0 aliphatic carbocycles. The second kappa shape index (κ2) is 8.84. The Morgan fingerprint density at radius 2 is 1.52 bits per heavy atom. The van der Waals surface area contributed by atoms with E-state index in [2.05, 4.69) is 4.74 Å². The van der Waals surface area contributed by atoms with Gasteiger partial charge in [0.25, 0.3) is 0 Å². The van der Waals surface area contributed by atoms with Gasteiger partial charge in [0.2, 0.25) is 0 Å². The van der Waals surface area contributed by atoms with E-state index in [1.165, 1.54) is 6.07 Å². The number of unbranched alkanes of at least 4 members (excludes halogenated alkanes) is 1. The molecule has 158 valence electrons. The lowest BCUT2D eigenvalue weighted by Gasteiger charge is -2.19. The van der Waals surface area contributed by atoms with Crippen molar-refractivity contribution in [2.75, 3.05) is 0 Å². The molecule has 0 aromatic heterocycles. The summed E-state index contributed by atoms with van der Waals surface area (Å²) in [6.07, 6.45) is -7.31. The van der Waals surface area contributed by atoms with Crippen LogP contribution in [-0.2, 0) is 12.5 Å². The number of halogens is 8. The summed E-state index contributed by atoms with van der Waals surface area (Å²) in [6, 6.07) is 3.61. The Hall–Kier alpha value is -2.58. The average molecular weight is 424 g/mol. The molecule has 2 aromatic rings.